The van der Waals surface area contributed by atoms with Gasteiger partial charge in [-0.3, -0.25) is 9.10 Å². The molecule has 1 amide bonds. The molecule has 0 radical (unpaired) electrons. The van der Waals surface area contributed by atoms with Crippen molar-refractivity contribution in [1.82, 2.24) is 15.5 Å². The first-order valence-corrected chi connectivity index (χ1v) is 11.5. The van der Waals surface area contributed by atoms with Gasteiger partial charge in [0.05, 0.1) is 18.5 Å². The molecule has 0 saturated carbocycles. The van der Waals surface area contributed by atoms with Gasteiger partial charge in [0, 0.05) is 5.56 Å². The van der Waals surface area contributed by atoms with E-state index in [1.807, 2.05) is 31.2 Å². The molecule has 1 atom stereocenters. The molecular weight excluding hydrogens is 423 g/mol. The van der Waals surface area contributed by atoms with Crippen LogP contribution in [0.4, 0.5) is 10.1 Å². The van der Waals surface area contributed by atoms with Crippen molar-refractivity contribution < 1.29 is 22.1 Å². The first-order valence-electron chi connectivity index (χ1n) is 9.62. The van der Waals surface area contributed by atoms with E-state index in [1.165, 1.54) is 18.2 Å². The molecule has 1 heterocycles. The predicted molar refractivity (Wildman–Crippen MR) is 114 cm³/mol. The molecule has 0 aliphatic carbocycles. The average molecular weight is 447 g/mol. The minimum absolute atomic E-state index is 0.0942. The van der Waals surface area contributed by atoms with E-state index in [0.717, 1.165) is 27.8 Å². The van der Waals surface area contributed by atoms with Crippen LogP contribution in [0.15, 0.2) is 53.1 Å². The molecule has 8 nitrogen and oxygen atoms in total. The van der Waals surface area contributed by atoms with E-state index in [9.17, 15) is 17.6 Å². The molecule has 1 unspecified atom stereocenters. The quantitative estimate of drug-likeness (QED) is 0.570. The number of para-hydroxylation sites is 1. The van der Waals surface area contributed by atoms with Crippen LogP contribution in [0.1, 0.15) is 24.8 Å². The number of rotatable bonds is 8. The zero-order valence-electron chi connectivity index (χ0n) is 17.4. The summed E-state index contributed by atoms with van der Waals surface area (Å²) in [5, 5.41) is 6.50. The van der Waals surface area contributed by atoms with Crippen LogP contribution in [0.3, 0.4) is 0 Å². The van der Waals surface area contributed by atoms with Crippen LogP contribution < -0.4 is 9.62 Å². The number of nitrogens with one attached hydrogen (secondary N) is 1. The molecular formula is C21H23FN4O4S. The van der Waals surface area contributed by atoms with Crippen molar-refractivity contribution in [2.24, 2.45) is 0 Å². The maximum atomic E-state index is 14.3. The normalized spacial score (nSPS) is 12.4. The van der Waals surface area contributed by atoms with Crippen LogP contribution in [-0.2, 0) is 21.4 Å². The number of aromatic nitrogens is 2. The minimum atomic E-state index is -3.93. The van der Waals surface area contributed by atoms with Crippen molar-refractivity contribution in [3.63, 3.8) is 0 Å². The molecule has 0 spiro atoms. The van der Waals surface area contributed by atoms with E-state index in [1.54, 1.807) is 6.92 Å². The summed E-state index contributed by atoms with van der Waals surface area (Å²) in [6, 6.07) is 11.8. The maximum Gasteiger partial charge on any atom is 0.246 e. The summed E-state index contributed by atoms with van der Waals surface area (Å²) >= 11 is 0. The third-order valence-electron chi connectivity index (χ3n) is 4.61. The van der Waals surface area contributed by atoms with Gasteiger partial charge >= 0.3 is 0 Å². The van der Waals surface area contributed by atoms with Gasteiger partial charge in [-0.15, -0.1) is 0 Å². The molecule has 1 N–H and O–H groups in total. The Morgan fingerprint density at radius 2 is 1.87 bits per heavy atom. The Morgan fingerprint density at radius 1 is 1.19 bits per heavy atom. The Labute approximate surface area is 180 Å². The second kappa shape index (κ2) is 9.25. The molecule has 0 bridgehead atoms. The van der Waals surface area contributed by atoms with Crippen molar-refractivity contribution in [2.75, 3.05) is 10.6 Å². The summed E-state index contributed by atoms with van der Waals surface area (Å²) in [7, 11) is -3.93. The monoisotopic (exact) mass is 446 g/mol. The van der Waals surface area contributed by atoms with Crippen molar-refractivity contribution >= 4 is 21.6 Å². The van der Waals surface area contributed by atoms with Gasteiger partial charge in [-0.25, -0.2) is 12.8 Å². The standard InChI is InChI=1S/C21H23FN4O4S/c1-4-17(26(31(3,28)29)18-8-6-5-7-16(18)22)21(27)23-13-19-24-20(25-30-19)15-11-9-14(2)10-12-15/h5-12,17H,4,13H2,1-3H3,(H,23,27). The Kier molecular flexibility index (Phi) is 6.69. The molecule has 1 aromatic heterocycles. The smallest absolute Gasteiger partial charge is 0.246 e. The Bertz CT molecular complexity index is 1160. The third kappa shape index (κ3) is 5.26. The van der Waals surface area contributed by atoms with Crippen molar-refractivity contribution in [3.8, 4) is 11.4 Å². The summed E-state index contributed by atoms with van der Waals surface area (Å²) in [4.78, 5) is 17.1. The highest BCUT2D eigenvalue weighted by molar-refractivity contribution is 7.92. The van der Waals surface area contributed by atoms with Gasteiger partial charge in [0.1, 0.15) is 11.9 Å². The number of carbonyl (C=O) groups excluding carboxylic acids is 1. The SMILES string of the molecule is CCC(C(=O)NCc1nc(-c2ccc(C)cc2)no1)N(c1ccccc1F)S(C)(=O)=O. The maximum absolute atomic E-state index is 14.3. The van der Waals surface area contributed by atoms with E-state index in [0.29, 0.717) is 5.82 Å². The predicted octanol–water partition coefficient (Wildman–Crippen LogP) is 3.05. The Morgan fingerprint density at radius 3 is 2.48 bits per heavy atom. The zero-order chi connectivity index (χ0) is 22.6. The van der Waals surface area contributed by atoms with E-state index in [-0.39, 0.29) is 24.5 Å². The molecule has 3 rings (SSSR count). The van der Waals surface area contributed by atoms with Gasteiger partial charge in [0.2, 0.25) is 27.6 Å². The van der Waals surface area contributed by atoms with Crippen LogP contribution in [0.25, 0.3) is 11.4 Å². The molecule has 164 valence electrons. The number of nitrogens with zero attached hydrogens (tertiary/aromatic N) is 3. The molecule has 2 aromatic carbocycles. The summed E-state index contributed by atoms with van der Waals surface area (Å²) < 4.78 is 45.0. The number of aryl methyl sites for hydroxylation is 1. The molecule has 10 heteroatoms. The van der Waals surface area contributed by atoms with E-state index < -0.39 is 27.8 Å². The zero-order valence-corrected chi connectivity index (χ0v) is 18.2. The molecule has 0 aliphatic rings. The van der Waals surface area contributed by atoms with Crippen LogP contribution in [0.5, 0.6) is 0 Å². The van der Waals surface area contributed by atoms with Gasteiger partial charge in [0.25, 0.3) is 0 Å². The van der Waals surface area contributed by atoms with Crippen LogP contribution >= 0.6 is 0 Å². The summed E-state index contributed by atoms with van der Waals surface area (Å²) in [5.41, 5.74) is 1.67. The average Bonchev–Trinajstić information content (AvgIpc) is 3.19. The Hall–Kier alpha value is -3.27. The topological polar surface area (TPSA) is 105 Å². The fraction of sp³-hybridized carbons (Fsp3) is 0.286. The molecule has 0 saturated heterocycles. The first kappa shape index (κ1) is 22.4. The first-order chi connectivity index (χ1) is 14.7. The second-order valence-corrected chi connectivity index (χ2v) is 8.89. The number of sulfonamides is 1. The van der Waals surface area contributed by atoms with Crippen molar-refractivity contribution in [3.05, 3.63) is 65.8 Å². The number of anilines is 1. The lowest BCUT2D eigenvalue weighted by molar-refractivity contribution is -0.122. The van der Waals surface area contributed by atoms with Gasteiger partial charge < -0.3 is 9.84 Å². The number of hydrogen-bond donors (Lipinski definition) is 1. The van der Waals surface area contributed by atoms with E-state index in [2.05, 4.69) is 15.5 Å². The lowest BCUT2D eigenvalue weighted by Crippen LogP contribution is -2.49. The van der Waals surface area contributed by atoms with Gasteiger partial charge in [-0.2, -0.15) is 4.98 Å². The fourth-order valence-corrected chi connectivity index (χ4v) is 4.31. The van der Waals surface area contributed by atoms with E-state index >= 15 is 0 Å². The Balaban J connectivity index is 1.76. The highest BCUT2D eigenvalue weighted by atomic mass is 32.2. The van der Waals surface area contributed by atoms with E-state index in [4.69, 9.17) is 4.52 Å². The van der Waals surface area contributed by atoms with Crippen molar-refractivity contribution in [1.29, 1.82) is 0 Å². The van der Waals surface area contributed by atoms with Gasteiger partial charge in [0.15, 0.2) is 0 Å². The highest BCUT2D eigenvalue weighted by Crippen LogP contribution is 2.25. The fourth-order valence-electron chi connectivity index (χ4n) is 3.09. The van der Waals surface area contributed by atoms with Crippen LogP contribution in [-0.4, -0.2) is 36.8 Å². The van der Waals surface area contributed by atoms with Gasteiger partial charge in [-0.05, 0) is 25.5 Å². The number of benzene rings is 2. The minimum Gasteiger partial charge on any atom is -0.345 e. The van der Waals surface area contributed by atoms with Crippen LogP contribution in [0, 0.1) is 12.7 Å². The largest absolute Gasteiger partial charge is 0.345 e. The number of amides is 1. The van der Waals surface area contributed by atoms with Gasteiger partial charge in [-0.1, -0.05) is 54.0 Å². The third-order valence-corrected chi connectivity index (χ3v) is 5.78. The number of hydrogen-bond acceptors (Lipinski definition) is 6. The molecule has 0 fully saturated rings. The molecule has 3 aromatic rings. The second-order valence-electron chi connectivity index (χ2n) is 7.03. The summed E-state index contributed by atoms with van der Waals surface area (Å²) in [6.07, 6.45) is 1.06. The molecule has 0 aliphatic heterocycles. The lowest BCUT2D eigenvalue weighted by atomic mass is 10.1. The number of halogens is 1. The van der Waals surface area contributed by atoms with Crippen molar-refractivity contribution in [2.45, 2.75) is 32.9 Å². The van der Waals surface area contributed by atoms with Crippen LogP contribution in [0.2, 0.25) is 0 Å². The highest BCUT2D eigenvalue weighted by Gasteiger charge is 2.33. The molecule has 31 heavy (non-hydrogen) atoms. The summed E-state index contributed by atoms with van der Waals surface area (Å²) in [6.45, 7) is 3.51. The summed E-state index contributed by atoms with van der Waals surface area (Å²) in [5.74, 6) is -0.805. The lowest BCUT2D eigenvalue weighted by Gasteiger charge is -2.30. The number of carbonyl (C=O) groups is 1.